The van der Waals surface area contributed by atoms with E-state index in [2.05, 4.69) is 0 Å². The van der Waals surface area contributed by atoms with Gasteiger partial charge in [0, 0.05) is 38.1 Å². The maximum Gasteiger partial charge on any atom is 0.244 e. The average Bonchev–Trinajstić information content (AvgIpc) is 2.91. The average molecular weight is 337 g/mol. The molecule has 122 valence electrons. The van der Waals surface area contributed by atoms with Gasteiger partial charge < -0.3 is 9.30 Å². The third-order valence-electron chi connectivity index (χ3n) is 3.64. The monoisotopic (exact) mass is 336 g/mol. The number of methoxy groups -OCH3 is 1. The number of halogens is 1. The van der Waals surface area contributed by atoms with Gasteiger partial charge in [0.2, 0.25) is 10.0 Å². The molecule has 0 aliphatic rings. The van der Waals surface area contributed by atoms with Crippen molar-refractivity contribution in [3.63, 3.8) is 0 Å². The van der Waals surface area contributed by atoms with Gasteiger partial charge in [-0.3, -0.25) is 0 Å². The second-order valence-corrected chi connectivity index (χ2v) is 7.11. The lowest BCUT2D eigenvalue weighted by Crippen LogP contribution is -2.40. The van der Waals surface area contributed by atoms with E-state index in [4.69, 9.17) is 16.3 Å². The highest BCUT2D eigenvalue weighted by molar-refractivity contribution is 7.89. The molecule has 0 N–H and O–H groups in total. The molecule has 0 aromatic carbocycles. The van der Waals surface area contributed by atoms with Crippen molar-refractivity contribution in [2.45, 2.75) is 50.6 Å². The minimum Gasteiger partial charge on any atom is -0.383 e. The zero-order chi connectivity index (χ0) is 16.0. The lowest BCUT2D eigenvalue weighted by molar-refractivity contribution is 0.167. The summed E-state index contributed by atoms with van der Waals surface area (Å²) in [6, 6.07) is 1.59. The van der Waals surface area contributed by atoms with Crippen LogP contribution in [0.1, 0.15) is 32.9 Å². The first-order valence-electron chi connectivity index (χ1n) is 7.18. The summed E-state index contributed by atoms with van der Waals surface area (Å²) in [5.41, 5.74) is 0.814. The van der Waals surface area contributed by atoms with Gasteiger partial charge in [-0.25, -0.2) is 8.42 Å². The largest absolute Gasteiger partial charge is 0.383 e. The van der Waals surface area contributed by atoms with Gasteiger partial charge in [0.25, 0.3) is 0 Å². The molecule has 7 heteroatoms. The molecular formula is C14H25ClN2O3S. The standard InChI is InChI=1S/C14H25ClN2O3S/c1-5-12(3)17(7-8-20-4)21(18,19)14-9-13(10-15)16(6-2)11-14/h9,11-12H,5-8,10H2,1-4H3. The second-order valence-electron chi connectivity index (χ2n) is 4.95. The highest BCUT2D eigenvalue weighted by Crippen LogP contribution is 2.22. The number of alkyl halides is 1. The molecule has 0 radical (unpaired) electrons. The van der Waals surface area contributed by atoms with Gasteiger partial charge in [0.05, 0.1) is 12.5 Å². The number of ether oxygens (including phenoxy) is 1. The summed E-state index contributed by atoms with van der Waals surface area (Å²) in [5.74, 6) is 0.296. The van der Waals surface area contributed by atoms with Crippen molar-refractivity contribution in [2.75, 3.05) is 20.3 Å². The molecule has 0 saturated carbocycles. The van der Waals surface area contributed by atoms with Crippen LogP contribution in [0.3, 0.4) is 0 Å². The lowest BCUT2D eigenvalue weighted by atomic mass is 10.3. The van der Waals surface area contributed by atoms with E-state index in [1.54, 1.807) is 19.4 Å². The maximum absolute atomic E-state index is 12.8. The molecule has 0 aliphatic heterocycles. The van der Waals surface area contributed by atoms with Gasteiger partial charge in [0.1, 0.15) is 4.90 Å². The number of aryl methyl sites for hydroxylation is 1. The fourth-order valence-corrected chi connectivity index (χ4v) is 4.15. The molecule has 0 saturated heterocycles. The first-order chi connectivity index (χ1) is 9.92. The van der Waals surface area contributed by atoms with Gasteiger partial charge in [-0.15, -0.1) is 11.6 Å². The SMILES string of the molecule is CCC(C)N(CCOC)S(=O)(=O)c1cc(CCl)n(CC)c1. The Labute approximate surface area is 132 Å². The van der Waals surface area contributed by atoms with Crippen LogP contribution in [0.15, 0.2) is 17.2 Å². The fraction of sp³-hybridized carbons (Fsp3) is 0.714. The van der Waals surface area contributed by atoms with Crippen molar-refractivity contribution in [3.8, 4) is 0 Å². The minimum absolute atomic E-state index is 0.0745. The van der Waals surface area contributed by atoms with Crippen molar-refractivity contribution in [3.05, 3.63) is 18.0 Å². The number of hydrogen-bond donors (Lipinski definition) is 0. The predicted molar refractivity (Wildman–Crippen MR) is 85.2 cm³/mol. The number of rotatable bonds is 9. The van der Waals surface area contributed by atoms with Crippen molar-refractivity contribution in [2.24, 2.45) is 0 Å². The molecule has 21 heavy (non-hydrogen) atoms. The molecular weight excluding hydrogens is 312 g/mol. The lowest BCUT2D eigenvalue weighted by Gasteiger charge is -2.26. The van der Waals surface area contributed by atoms with Crippen LogP contribution in [-0.4, -0.2) is 43.6 Å². The molecule has 5 nitrogen and oxygen atoms in total. The zero-order valence-electron chi connectivity index (χ0n) is 13.2. The topological polar surface area (TPSA) is 51.5 Å². The van der Waals surface area contributed by atoms with E-state index in [1.807, 2.05) is 25.3 Å². The van der Waals surface area contributed by atoms with E-state index in [9.17, 15) is 8.42 Å². The Hall–Kier alpha value is -0.560. The molecule has 1 atom stereocenters. The Kier molecular flexibility index (Phi) is 7.20. The van der Waals surface area contributed by atoms with Crippen LogP contribution in [-0.2, 0) is 27.2 Å². The molecule has 1 rings (SSSR count). The third kappa shape index (κ3) is 4.22. The third-order valence-corrected chi connectivity index (χ3v) is 5.90. The van der Waals surface area contributed by atoms with Gasteiger partial charge in [-0.05, 0) is 26.3 Å². The van der Waals surface area contributed by atoms with Crippen LogP contribution in [0.5, 0.6) is 0 Å². The number of nitrogens with zero attached hydrogens (tertiary/aromatic N) is 2. The van der Waals surface area contributed by atoms with Crippen LogP contribution in [0.4, 0.5) is 0 Å². The number of aromatic nitrogens is 1. The van der Waals surface area contributed by atoms with Crippen molar-refractivity contribution in [1.82, 2.24) is 8.87 Å². The molecule has 0 fully saturated rings. The molecule has 1 aromatic rings. The summed E-state index contributed by atoms with van der Waals surface area (Å²) in [6.07, 6.45) is 2.41. The van der Waals surface area contributed by atoms with Crippen LogP contribution in [0, 0.1) is 0 Å². The van der Waals surface area contributed by atoms with Crippen molar-refractivity contribution in [1.29, 1.82) is 0 Å². The molecule has 0 bridgehead atoms. The van der Waals surface area contributed by atoms with E-state index >= 15 is 0 Å². The van der Waals surface area contributed by atoms with Crippen LogP contribution < -0.4 is 0 Å². The molecule has 1 aromatic heterocycles. The Morgan fingerprint density at radius 2 is 2.10 bits per heavy atom. The summed E-state index contributed by atoms with van der Waals surface area (Å²) in [5, 5.41) is 0. The Morgan fingerprint density at radius 3 is 2.52 bits per heavy atom. The Balaban J connectivity index is 3.18. The van der Waals surface area contributed by atoms with E-state index in [0.717, 1.165) is 12.1 Å². The van der Waals surface area contributed by atoms with Crippen molar-refractivity contribution < 1.29 is 13.2 Å². The second kappa shape index (κ2) is 8.17. The summed E-state index contributed by atoms with van der Waals surface area (Å²) < 4.78 is 34.1. The van der Waals surface area contributed by atoms with Crippen LogP contribution in [0.2, 0.25) is 0 Å². The number of hydrogen-bond acceptors (Lipinski definition) is 3. The normalized spacial score (nSPS) is 13.8. The summed E-state index contributed by atoms with van der Waals surface area (Å²) >= 11 is 5.88. The molecule has 1 heterocycles. The van der Waals surface area contributed by atoms with Crippen LogP contribution >= 0.6 is 11.6 Å². The van der Waals surface area contributed by atoms with Crippen LogP contribution in [0.25, 0.3) is 0 Å². The molecule has 1 unspecified atom stereocenters. The predicted octanol–water partition coefficient (Wildman–Crippen LogP) is 2.68. The Bertz CT molecular complexity index is 521. The first kappa shape index (κ1) is 18.5. The van der Waals surface area contributed by atoms with Gasteiger partial charge in [0.15, 0.2) is 0 Å². The van der Waals surface area contributed by atoms with E-state index in [0.29, 0.717) is 30.5 Å². The van der Waals surface area contributed by atoms with E-state index in [1.165, 1.54) is 4.31 Å². The Morgan fingerprint density at radius 1 is 1.43 bits per heavy atom. The molecule has 0 amide bonds. The summed E-state index contributed by atoms with van der Waals surface area (Å²) in [7, 11) is -1.96. The summed E-state index contributed by atoms with van der Waals surface area (Å²) in [6.45, 7) is 7.26. The fourth-order valence-electron chi connectivity index (χ4n) is 2.17. The number of sulfonamides is 1. The van der Waals surface area contributed by atoms with E-state index in [-0.39, 0.29) is 6.04 Å². The van der Waals surface area contributed by atoms with E-state index < -0.39 is 10.0 Å². The highest BCUT2D eigenvalue weighted by atomic mass is 35.5. The van der Waals surface area contributed by atoms with Gasteiger partial charge in [-0.1, -0.05) is 6.92 Å². The minimum atomic E-state index is -3.53. The smallest absolute Gasteiger partial charge is 0.244 e. The molecule has 0 aliphatic carbocycles. The zero-order valence-corrected chi connectivity index (χ0v) is 14.7. The van der Waals surface area contributed by atoms with Gasteiger partial charge in [-0.2, -0.15) is 4.31 Å². The van der Waals surface area contributed by atoms with Crippen molar-refractivity contribution >= 4 is 21.6 Å². The summed E-state index contributed by atoms with van der Waals surface area (Å²) in [4.78, 5) is 0.302. The quantitative estimate of drug-likeness (QED) is 0.651. The molecule has 0 spiro atoms. The first-order valence-corrected chi connectivity index (χ1v) is 9.15. The highest BCUT2D eigenvalue weighted by Gasteiger charge is 2.29. The maximum atomic E-state index is 12.8. The van der Waals surface area contributed by atoms with Gasteiger partial charge >= 0.3 is 0 Å².